The average molecular weight is 365 g/mol. The fraction of sp³-hybridized carbons (Fsp3) is 0.0476. The van der Waals surface area contributed by atoms with Gasteiger partial charge >= 0.3 is 0 Å². The van der Waals surface area contributed by atoms with E-state index in [2.05, 4.69) is 10.9 Å². The Hall–Kier alpha value is -3.11. The summed E-state index contributed by atoms with van der Waals surface area (Å²) in [6, 6.07) is 24.4. The first-order chi connectivity index (χ1) is 12.6. The molecule has 26 heavy (non-hydrogen) atoms. The van der Waals surface area contributed by atoms with Crippen LogP contribution in [0.1, 0.15) is 15.9 Å². The van der Waals surface area contributed by atoms with E-state index in [4.69, 9.17) is 11.6 Å². The zero-order valence-corrected chi connectivity index (χ0v) is 14.7. The summed E-state index contributed by atoms with van der Waals surface area (Å²) < 4.78 is 0. The van der Waals surface area contributed by atoms with Gasteiger partial charge in [-0.1, -0.05) is 78.3 Å². The van der Waals surface area contributed by atoms with Gasteiger partial charge in [0.1, 0.15) is 0 Å². The highest BCUT2D eigenvalue weighted by atomic mass is 35.5. The molecule has 3 aromatic carbocycles. The Labute approximate surface area is 156 Å². The van der Waals surface area contributed by atoms with E-state index in [1.165, 1.54) is 0 Å². The Morgan fingerprint density at radius 3 is 2.04 bits per heavy atom. The van der Waals surface area contributed by atoms with Gasteiger partial charge in [0.25, 0.3) is 5.91 Å². The zero-order chi connectivity index (χ0) is 18.4. The molecule has 0 fully saturated rings. The summed E-state index contributed by atoms with van der Waals surface area (Å²) in [5.74, 6) is -0.763. The average Bonchev–Trinajstić information content (AvgIpc) is 2.68. The third kappa shape index (κ3) is 4.49. The Kier molecular flexibility index (Phi) is 5.66. The van der Waals surface area contributed by atoms with Gasteiger partial charge in [0, 0.05) is 0 Å². The second kappa shape index (κ2) is 8.32. The minimum absolute atomic E-state index is 0.165. The maximum Gasteiger partial charge on any atom is 0.271 e. The lowest BCUT2D eigenvalue weighted by Crippen LogP contribution is -2.42. The van der Waals surface area contributed by atoms with E-state index in [9.17, 15) is 9.59 Å². The number of nitrogens with one attached hydrogen (secondary N) is 2. The number of amides is 2. The Bertz CT molecular complexity index is 909. The van der Waals surface area contributed by atoms with Gasteiger partial charge in [-0.15, -0.1) is 0 Å². The van der Waals surface area contributed by atoms with Crippen molar-refractivity contribution in [3.05, 3.63) is 95.0 Å². The van der Waals surface area contributed by atoms with E-state index >= 15 is 0 Å². The van der Waals surface area contributed by atoms with E-state index in [1.807, 2.05) is 54.6 Å². The number of rotatable bonds is 4. The smallest absolute Gasteiger partial charge is 0.271 e. The van der Waals surface area contributed by atoms with Gasteiger partial charge in [-0.25, -0.2) is 0 Å². The lowest BCUT2D eigenvalue weighted by molar-refractivity contribution is -0.121. The van der Waals surface area contributed by atoms with Crippen molar-refractivity contribution in [2.24, 2.45) is 0 Å². The summed E-state index contributed by atoms with van der Waals surface area (Å²) in [5, 5.41) is 0.329. The van der Waals surface area contributed by atoms with E-state index in [0.29, 0.717) is 10.6 Å². The largest absolute Gasteiger partial charge is 0.273 e. The molecule has 0 saturated heterocycles. The quantitative estimate of drug-likeness (QED) is 0.687. The highest BCUT2D eigenvalue weighted by molar-refractivity contribution is 6.33. The minimum atomic E-state index is -0.455. The molecule has 0 aliphatic rings. The number of benzene rings is 3. The van der Waals surface area contributed by atoms with Crippen molar-refractivity contribution in [2.45, 2.75) is 6.42 Å². The highest BCUT2D eigenvalue weighted by Gasteiger charge is 2.11. The summed E-state index contributed by atoms with van der Waals surface area (Å²) in [6.45, 7) is 0. The van der Waals surface area contributed by atoms with Crippen LogP contribution >= 0.6 is 11.6 Å². The van der Waals surface area contributed by atoms with Crippen LogP contribution < -0.4 is 10.9 Å². The molecule has 0 unspecified atom stereocenters. The first-order valence-electron chi connectivity index (χ1n) is 8.11. The molecule has 0 heterocycles. The van der Waals surface area contributed by atoms with E-state index in [-0.39, 0.29) is 12.3 Å². The number of hydrazine groups is 1. The lowest BCUT2D eigenvalue weighted by atomic mass is 10.0. The first-order valence-corrected chi connectivity index (χ1v) is 8.49. The van der Waals surface area contributed by atoms with Crippen molar-refractivity contribution >= 4 is 23.4 Å². The van der Waals surface area contributed by atoms with Crippen LogP contribution in [-0.2, 0) is 11.2 Å². The maximum atomic E-state index is 12.0. The fourth-order valence-electron chi connectivity index (χ4n) is 2.51. The molecule has 2 N–H and O–H groups in total. The van der Waals surface area contributed by atoms with Gasteiger partial charge in [-0.3, -0.25) is 20.4 Å². The van der Waals surface area contributed by atoms with Crippen molar-refractivity contribution in [3.63, 3.8) is 0 Å². The minimum Gasteiger partial charge on any atom is -0.273 e. The van der Waals surface area contributed by atoms with Crippen molar-refractivity contribution in [3.8, 4) is 11.1 Å². The Morgan fingerprint density at radius 1 is 0.731 bits per heavy atom. The molecule has 0 atom stereocenters. The van der Waals surface area contributed by atoms with Crippen LogP contribution in [0.2, 0.25) is 5.02 Å². The topological polar surface area (TPSA) is 58.2 Å². The monoisotopic (exact) mass is 364 g/mol. The fourth-order valence-corrected chi connectivity index (χ4v) is 2.74. The molecule has 3 aromatic rings. The van der Waals surface area contributed by atoms with Gasteiger partial charge < -0.3 is 0 Å². The summed E-state index contributed by atoms with van der Waals surface area (Å²) in [4.78, 5) is 24.0. The highest BCUT2D eigenvalue weighted by Crippen LogP contribution is 2.19. The molecule has 0 aliphatic carbocycles. The molecule has 3 rings (SSSR count). The summed E-state index contributed by atoms with van der Waals surface area (Å²) >= 11 is 5.96. The standard InChI is InChI=1S/C21H17ClN2O2/c22-19-9-5-4-8-18(19)21(26)24-23-20(25)14-15-10-12-17(13-11-15)16-6-2-1-3-7-16/h1-13H,14H2,(H,23,25)(H,24,26). The van der Waals surface area contributed by atoms with Crippen LogP contribution in [0.5, 0.6) is 0 Å². The molecule has 5 heteroatoms. The molecule has 0 aromatic heterocycles. The first kappa shape index (κ1) is 17.7. The van der Waals surface area contributed by atoms with Gasteiger partial charge in [-0.05, 0) is 28.8 Å². The maximum absolute atomic E-state index is 12.0. The SMILES string of the molecule is O=C(Cc1ccc(-c2ccccc2)cc1)NNC(=O)c1ccccc1Cl. The van der Waals surface area contributed by atoms with Gasteiger partial charge in [0.05, 0.1) is 17.0 Å². The third-order valence-electron chi connectivity index (χ3n) is 3.86. The molecule has 0 spiro atoms. The molecule has 130 valence electrons. The van der Waals surface area contributed by atoms with Crippen LogP contribution in [0, 0.1) is 0 Å². The molecule has 2 amide bonds. The van der Waals surface area contributed by atoms with Crippen molar-refractivity contribution < 1.29 is 9.59 Å². The normalized spacial score (nSPS) is 10.2. The molecule has 0 saturated carbocycles. The second-order valence-corrected chi connectivity index (χ2v) is 6.13. The Balaban J connectivity index is 1.55. The molecule has 0 aliphatic heterocycles. The van der Waals surface area contributed by atoms with Crippen LogP contribution in [0.25, 0.3) is 11.1 Å². The summed E-state index contributed by atoms with van der Waals surface area (Å²) in [5.41, 5.74) is 8.15. The molecular formula is C21H17ClN2O2. The number of halogens is 1. The van der Waals surface area contributed by atoms with Gasteiger partial charge in [0.2, 0.25) is 5.91 Å². The van der Waals surface area contributed by atoms with Crippen LogP contribution in [0.15, 0.2) is 78.9 Å². The van der Waals surface area contributed by atoms with Gasteiger partial charge in [0.15, 0.2) is 0 Å². The van der Waals surface area contributed by atoms with E-state index < -0.39 is 5.91 Å². The summed E-state index contributed by atoms with van der Waals surface area (Å²) in [7, 11) is 0. The van der Waals surface area contributed by atoms with Crippen LogP contribution in [-0.4, -0.2) is 11.8 Å². The zero-order valence-electron chi connectivity index (χ0n) is 13.9. The lowest BCUT2D eigenvalue weighted by Gasteiger charge is -2.09. The molecule has 0 bridgehead atoms. The van der Waals surface area contributed by atoms with E-state index in [1.54, 1.807) is 24.3 Å². The molecule has 0 radical (unpaired) electrons. The van der Waals surface area contributed by atoms with Crippen LogP contribution in [0.4, 0.5) is 0 Å². The van der Waals surface area contributed by atoms with Crippen LogP contribution in [0.3, 0.4) is 0 Å². The molecular weight excluding hydrogens is 348 g/mol. The summed E-state index contributed by atoms with van der Waals surface area (Å²) in [6.07, 6.45) is 0.165. The Morgan fingerprint density at radius 2 is 1.35 bits per heavy atom. The number of carbonyl (C=O) groups excluding carboxylic acids is 2. The van der Waals surface area contributed by atoms with Gasteiger partial charge in [-0.2, -0.15) is 0 Å². The predicted octanol–water partition coefficient (Wildman–Crippen LogP) is 4.01. The van der Waals surface area contributed by atoms with E-state index in [0.717, 1.165) is 16.7 Å². The number of hydrogen-bond donors (Lipinski definition) is 2. The second-order valence-electron chi connectivity index (χ2n) is 5.72. The number of carbonyl (C=O) groups is 2. The number of hydrogen-bond acceptors (Lipinski definition) is 2. The van der Waals surface area contributed by atoms with Crippen molar-refractivity contribution in [2.75, 3.05) is 0 Å². The van der Waals surface area contributed by atoms with Crippen molar-refractivity contribution in [1.82, 2.24) is 10.9 Å². The predicted molar refractivity (Wildman–Crippen MR) is 103 cm³/mol. The van der Waals surface area contributed by atoms with Crippen molar-refractivity contribution in [1.29, 1.82) is 0 Å². The molecule has 4 nitrogen and oxygen atoms in total. The third-order valence-corrected chi connectivity index (χ3v) is 4.19.